The number of hydrogen-bond donors (Lipinski definition) is 2. The van der Waals surface area contributed by atoms with Crippen molar-refractivity contribution in [3.63, 3.8) is 0 Å². The van der Waals surface area contributed by atoms with E-state index in [1.165, 1.54) is 65.2 Å². The molecule has 4 nitrogen and oxygen atoms in total. The highest BCUT2D eigenvalue weighted by molar-refractivity contribution is 7.98. The highest BCUT2D eigenvalue weighted by atomic mass is 32.2. The molecule has 3 heterocycles. The lowest BCUT2D eigenvalue weighted by molar-refractivity contribution is 0.718. The molecule has 0 saturated carbocycles. The summed E-state index contributed by atoms with van der Waals surface area (Å²) >= 11 is 3.63. The molecule has 0 radical (unpaired) electrons. The summed E-state index contributed by atoms with van der Waals surface area (Å²) in [4.78, 5) is 2.54. The van der Waals surface area contributed by atoms with Crippen molar-refractivity contribution < 1.29 is 0 Å². The van der Waals surface area contributed by atoms with Crippen LogP contribution in [0, 0.1) is 13.8 Å². The maximum atomic E-state index is 3.82. The van der Waals surface area contributed by atoms with Gasteiger partial charge in [0.05, 0.1) is 21.2 Å². The third-order valence-electron chi connectivity index (χ3n) is 8.10. The van der Waals surface area contributed by atoms with Crippen molar-refractivity contribution >= 4 is 54.5 Å². The molecule has 7 rings (SSSR count). The van der Waals surface area contributed by atoms with Crippen molar-refractivity contribution in [1.82, 2.24) is 8.83 Å². The van der Waals surface area contributed by atoms with Gasteiger partial charge < -0.3 is 0 Å². The first-order valence-electron chi connectivity index (χ1n) is 13.8. The third kappa shape index (κ3) is 4.07. The van der Waals surface area contributed by atoms with Crippen LogP contribution in [0.3, 0.4) is 0 Å². The Balaban J connectivity index is 1.47. The molecule has 0 saturated heterocycles. The van der Waals surface area contributed by atoms with Crippen molar-refractivity contribution in [2.24, 2.45) is 0 Å². The molecule has 3 aliphatic rings. The van der Waals surface area contributed by atoms with Crippen molar-refractivity contribution in [2.45, 2.75) is 43.2 Å². The van der Waals surface area contributed by atoms with E-state index in [0.717, 1.165) is 6.04 Å². The zero-order valence-corrected chi connectivity index (χ0v) is 25.8. The number of nitrogens with zero attached hydrogens (tertiary/aromatic N) is 2. The molecule has 3 aliphatic heterocycles. The first-order chi connectivity index (χ1) is 19.5. The lowest BCUT2D eigenvalue weighted by Gasteiger charge is -2.36. The Hall–Kier alpha value is -3.52. The Morgan fingerprint density at radius 2 is 1.05 bits per heavy atom. The molecular weight excluding hydrogens is 545 g/mol. The molecular formula is C33H32N4S2Si. The summed E-state index contributed by atoms with van der Waals surface area (Å²) in [7, 11) is -2.30. The van der Waals surface area contributed by atoms with E-state index in [9.17, 15) is 0 Å². The van der Waals surface area contributed by atoms with Crippen molar-refractivity contribution in [1.29, 1.82) is 0 Å². The van der Waals surface area contributed by atoms with Crippen LogP contribution in [0.15, 0.2) is 117 Å². The average Bonchev–Trinajstić information content (AvgIpc) is 3.65. The quantitative estimate of drug-likeness (QED) is 0.182. The third-order valence-corrected chi connectivity index (χ3v) is 14.9. The van der Waals surface area contributed by atoms with Gasteiger partial charge in [0.1, 0.15) is 0 Å². The highest BCUT2D eigenvalue weighted by Crippen LogP contribution is 2.57. The first kappa shape index (κ1) is 25.4. The van der Waals surface area contributed by atoms with Gasteiger partial charge >= 0.3 is 0 Å². The second-order valence-corrected chi connectivity index (χ2v) is 17.2. The predicted molar refractivity (Wildman–Crippen MR) is 174 cm³/mol. The fourth-order valence-corrected chi connectivity index (χ4v) is 12.7. The Morgan fingerprint density at radius 1 is 0.625 bits per heavy atom. The van der Waals surface area contributed by atoms with Gasteiger partial charge in [0.2, 0.25) is 0 Å². The lowest BCUT2D eigenvalue weighted by atomic mass is 9.94. The number of hydrazine groups is 2. The number of benzene rings is 4. The van der Waals surface area contributed by atoms with E-state index < -0.39 is 8.07 Å². The van der Waals surface area contributed by atoms with Crippen molar-refractivity contribution in [2.75, 3.05) is 10.9 Å². The van der Waals surface area contributed by atoms with Gasteiger partial charge in [0, 0.05) is 45.7 Å². The number of anilines is 2. The van der Waals surface area contributed by atoms with Crippen LogP contribution in [0.25, 0.3) is 11.1 Å². The molecule has 0 amide bonds. The molecule has 0 aliphatic carbocycles. The van der Waals surface area contributed by atoms with Gasteiger partial charge in [-0.1, -0.05) is 86.3 Å². The number of nitrogens with one attached hydrogen (secondary N) is 2. The number of allylic oxidation sites excluding steroid dienone is 2. The smallest absolute Gasteiger partial charge is 0.164 e. The minimum atomic E-state index is -2.30. The summed E-state index contributed by atoms with van der Waals surface area (Å²) < 4.78 is 4.77. The summed E-state index contributed by atoms with van der Waals surface area (Å²) in [5.41, 5.74) is 17.7. The number of aryl methyl sites for hydroxylation is 2. The second-order valence-electron chi connectivity index (χ2n) is 10.9. The first-order valence-corrected chi connectivity index (χ1v) is 18.0. The van der Waals surface area contributed by atoms with Crippen LogP contribution in [0.2, 0.25) is 12.6 Å². The molecule has 0 fully saturated rings. The molecule has 0 atom stereocenters. The summed E-state index contributed by atoms with van der Waals surface area (Å²) in [5, 5.41) is 2.84. The maximum Gasteiger partial charge on any atom is 0.164 e. The topological polar surface area (TPSA) is 30.5 Å². The summed E-state index contributed by atoms with van der Waals surface area (Å²) in [6, 6.07) is 36.4. The molecule has 4 aromatic rings. The lowest BCUT2D eigenvalue weighted by Crippen LogP contribution is -2.45. The van der Waals surface area contributed by atoms with Gasteiger partial charge in [-0.25, -0.2) is 8.83 Å². The minimum absolute atomic E-state index is 1.08. The van der Waals surface area contributed by atoms with Gasteiger partial charge in [0.15, 0.2) is 8.07 Å². The van der Waals surface area contributed by atoms with Crippen molar-refractivity contribution in [3.8, 4) is 0 Å². The average molecular weight is 577 g/mol. The molecule has 0 bridgehead atoms. The Labute approximate surface area is 246 Å². The number of hydrogen-bond acceptors (Lipinski definition) is 6. The molecule has 0 spiro atoms. The molecule has 0 aromatic heterocycles. The van der Waals surface area contributed by atoms with Gasteiger partial charge in [-0.15, -0.1) is 0 Å². The van der Waals surface area contributed by atoms with E-state index in [0.29, 0.717) is 0 Å². The standard InChI is InChI=1S/C33H32N4S2Si/c1-5-40(4)32(36-34-26-20-22(2)16-18-28(26)38-36)30(24-12-8-6-9-13-24)31(25-14-10-7-11-15-25)33(40)37-35-27-21-23(3)17-19-29(27)39-37/h6-21,34-35H,5H2,1-4H3. The number of rotatable bonds is 5. The molecule has 0 unspecified atom stereocenters. The molecule has 2 N–H and O–H groups in total. The summed E-state index contributed by atoms with van der Waals surface area (Å²) in [5.74, 6) is 0. The van der Waals surface area contributed by atoms with Crippen LogP contribution in [0.1, 0.15) is 29.2 Å². The Bertz CT molecular complexity index is 1560. The minimum Gasteiger partial charge on any atom is -0.287 e. The van der Waals surface area contributed by atoms with Crippen LogP contribution >= 0.6 is 23.9 Å². The van der Waals surface area contributed by atoms with Crippen LogP contribution in [0.4, 0.5) is 11.4 Å². The van der Waals surface area contributed by atoms with Crippen LogP contribution in [-0.2, 0) is 0 Å². The largest absolute Gasteiger partial charge is 0.287 e. The maximum absolute atomic E-state index is 3.82. The highest BCUT2D eigenvalue weighted by Gasteiger charge is 2.52. The van der Waals surface area contributed by atoms with E-state index >= 15 is 0 Å². The predicted octanol–water partition coefficient (Wildman–Crippen LogP) is 9.32. The summed E-state index contributed by atoms with van der Waals surface area (Å²) in [6.45, 7) is 9.24. The van der Waals surface area contributed by atoms with Crippen LogP contribution in [-0.4, -0.2) is 16.9 Å². The monoisotopic (exact) mass is 576 g/mol. The van der Waals surface area contributed by atoms with Crippen LogP contribution < -0.4 is 10.9 Å². The SMILES string of the molecule is CC[Si]1(C)C(N2Nc3cc(C)ccc3S2)=C(c2ccccc2)C(c2ccccc2)=C1N1Nc2cc(C)ccc2S1. The second kappa shape index (κ2) is 9.84. The molecule has 200 valence electrons. The van der Waals surface area contributed by atoms with Gasteiger partial charge in [-0.05, 0) is 66.4 Å². The molecule has 4 aromatic carbocycles. The van der Waals surface area contributed by atoms with E-state index in [4.69, 9.17) is 0 Å². The number of fused-ring (bicyclic) bond motifs is 2. The molecule has 40 heavy (non-hydrogen) atoms. The van der Waals surface area contributed by atoms with Crippen molar-refractivity contribution in [3.05, 3.63) is 130 Å². The van der Waals surface area contributed by atoms with E-state index in [1.807, 2.05) is 23.9 Å². The van der Waals surface area contributed by atoms with Gasteiger partial charge in [-0.2, -0.15) is 0 Å². The van der Waals surface area contributed by atoms with E-state index in [1.54, 1.807) is 0 Å². The molecule has 7 heteroatoms. The zero-order valence-electron chi connectivity index (χ0n) is 23.2. The van der Waals surface area contributed by atoms with Gasteiger partial charge in [-0.3, -0.25) is 10.9 Å². The normalized spacial score (nSPS) is 17.2. The van der Waals surface area contributed by atoms with Crippen LogP contribution in [0.5, 0.6) is 0 Å². The van der Waals surface area contributed by atoms with Gasteiger partial charge in [0.25, 0.3) is 0 Å². The Kier molecular flexibility index (Phi) is 6.26. The zero-order chi connectivity index (χ0) is 27.4. The van der Waals surface area contributed by atoms with E-state index in [-0.39, 0.29) is 0 Å². The fraction of sp³-hybridized carbons (Fsp3) is 0.152. The fourth-order valence-electron chi connectivity index (χ4n) is 5.94. The van der Waals surface area contributed by atoms with E-state index in [2.05, 4.69) is 144 Å². The summed E-state index contributed by atoms with van der Waals surface area (Å²) in [6.07, 6.45) is 0. The Morgan fingerprint density at radius 3 is 1.45 bits per heavy atom.